The van der Waals surface area contributed by atoms with E-state index >= 15 is 0 Å². The molecule has 1 amide bonds. The number of aromatic nitrogens is 4. The van der Waals surface area contributed by atoms with Gasteiger partial charge in [-0.15, -0.1) is 14.1 Å². The maximum absolute atomic E-state index is 13.4. The molecule has 12 heteroatoms. The van der Waals surface area contributed by atoms with Crippen LogP contribution in [-0.2, 0) is 32.3 Å². The highest BCUT2D eigenvalue weighted by atomic mass is 35.5. The number of nitrogens with zero attached hydrogens (tertiary/aromatic N) is 4. The molecule has 227 valence electrons. The summed E-state index contributed by atoms with van der Waals surface area (Å²) in [4.78, 5) is 13.4. The molecule has 5 rings (SSSR count). The maximum atomic E-state index is 13.4. The number of anilines is 1. The van der Waals surface area contributed by atoms with Crippen LogP contribution in [0.3, 0.4) is 0 Å². The fourth-order valence-electron chi connectivity index (χ4n) is 5.06. The highest BCUT2D eigenvalue weighted by Crippen LogP contribution is 2.37. The molecule has 42 heavy (non-hydrogen) atoms. The minimum Gasteiger partial charge on any atom is -0.493 e. The molecule has 2 aliphatic heterocycles. The predicted octanol–water partition coefficient (Wildman–Crippen LogP) is 6.24. The zero-order valence-electron chi connectivity index (χ0n) is 24.6. The van der Waals surface area contributed by atoms with Gasteiger partial charge in [-0.25, -0.2) is 4.68 Å². The molecule has 2 unspecified atom stereocenters. The summed E-state index contributed by atoms with van der Waals surface area (Å²) < 4.78 is 25.3. The third-order valence-corrected chi connectivity index (χ3v) is 9.42. The highest BCUT2D eigenvalue weighted by molar-refractivity contribution is 6.76. The maximum Gasteiger partial charge on any atom is 0.226 e. The van der Waals surface area contributed by atoms with Crippen molar-refractivity contribution in [1.82, 2.24) is 20.0 Å². The summed E-state index contributed by atoms with van der Waals surface area (Å²) in [7, 11) is -1.25. The molecule has 1 saturated heterocycles. The fraction of sp³-hybridized carbons (Fsp3) is 0.533. The SMILES string of the molecule is C[Si-](C)(C)CCOCn1nc(-c2cnncc2COC2CCCCO2)cc1NC(=O)CC1CCOc2cc(Cl)ccc21. The number of benzene rings is 1. The molecule has 1 aromatic carbocycles. The van der Waals surface area contributed by atoms with Crippen molar-refractivity contribution in [3.05, 3.63) is 52.8 Å². The lowest BCUT2D eigenvalue weighted by Crippen LogP contribution is -2.23. The molecule has 2 aromatic heterocycles. The van der Waals surface area contributed by atoms with Gasteiger partial charge in [0.2, 0.25) is 5.91 Å². The minimum absolute atomic E-state index is 0.0324. The molecule has 10 nitrogen and oxygen atoms in total. The van der Waals surface area contributed by atoms with E-state index in [9.17, 15) is 4.79 Å². The Bertz CT molecular complexity index is 1360. The van der Waals surface area contributed by atoms with Crippen LogP contribution in [0, 0.1) is 0 Å². The molecule has 0 aliphatic carbocycles. The third-order valence-electron chi connectivity index (χ3n) is 7.48. The van der Waals surface area contributed by atoms with Crippen molar-refractivity contribution >= 4 is 31.4 Å². The van der Waals surface area contributed by atoms with Crippen molar-refractivity contribution in [2.45, 2.75) is 83.3 Å². The normalized spacial score (nSPS) is 18.8. The van der Waals surface area contributed by atoms with E-state index in [1.807, 2.05) is 24.3 Å². The van der Waals surface area contributed by atoms with Crippen LogP contribution in [0.4, 0.5) is 5.82 Å². The number of carbonyl (C=O) groups excluding carboxylic acids is 1. The molecule has 4 heterocycles. The summed E-state index contributed by atoms with van der Waals surface area (Å²) in [6.45, 7) is 9.38. The smallest absolute Gasteiger partial charge is 0.226 e. The molecule has 0 spiro atoms. The Morgan fingerprint density at radius 3 is 2.81 bits per heavy atom. The van der Waals surface area contributed by atoms with Gasteiger partial charge in [0.25, 0.3) is 0 Å². The number of amides is 1. The Morgan fingerprint density at radius 1 is 1.14 bits per heavy atom. The lowest BCUT2D eigenvalue weighted by molar-refractivity contribution is -0.168. The van der Waals surface area contributed by atoms with E-state index < -0.39 is 8.07 Å². The Labute approximate surface area is 253 Å². The first kappa shape index (κ1) is 30.6. The van der Waals surface area contributed by atoms with Crippen LogP contribution in [0.5, 0.6) is 5.75 Å². The average Bonchev–Trinajstić information content (AvgIpc) is 3.36. The molecule has 0 saturated carbocycles. The van der Waals surface area contributed by atoms with E-state index in [0.717, 1.165) is 54.2 Å². The number of carbonyl (C=O) groups is 1. The lowest BCUT2D eigenvalue weighted by Gasteiger charge is -2.26. The fourth-order valence-corrected chi connectivity index (χ4v) is 5.98. The molecule has 3 aromatic rings. The van der Waals surface area contributed by atoms with Crippen molar-refractivity contribution in [1.29, 1.82) is 0 Å². The van der Waals surface area contributed by atoms with E-state index in [0.29, 0.717) is 49.4 Å². The first-order valence-corrected chi connectivity index (χ1v) is 18.7. The summed E-state index contributed by atoms with van der Waals surface area (Å²) in [5, 5.41) is 16.7. The van der Waals surface area contributed by atoms with Gasteiger partial charge in [-0.3, -0.25) is 4.79 Å². The van der Waals surface area contributed by atoms with E-state index in [2.05, 4.69) is 35.2 Å². The zero-order valence-corrected chi connectivity index (χ0v) is 26.4. The van der Waals surface area contributed by atoms with Gasteiger partial charge in [-0.05, 0) is 49.3 Å². The molecule has 1 fully saturated rings. The molecule has 0 bridgehead atoms. The number of hydrogen-bond donors (Lipinski definition) is 1. The van der Waals surface area contributed by atoms with Gasteiger partial charge >= 0.3 is 0 Å². The van der Waals surface area contributed by atoms with Gasteiger partial charge in [0.05, 0.1) is 31.3 Å². The monoisotopic (exact) mass is 613 g/mol. The molecule has 2 aliphatic rings. The largest absolute Gasteiger partial charge is 0.493 e. The molecular formula is C30H40ClN5O5Si-. The van der Waals surface area contributed by atoms with Crippen LogP contribution < -0.4 is 10.1 Å². The van der Waals surface area contributed by atoms with Crippen LogP contribution in [0.25, 0.3) is 11.3 Å². The van der Waals surface area contributed by atoms with E-state index in [1.165, 1.54) is 0 Å². The topological polar surface area (TPSA) is 110 Å². The second-order valence-corrected chi connectivity index (χ2v) is 18.1. The average molecular weight is 614 g/mol. The van der Waals surface area contributed by atoms with Crippen LogP contribution in [0.2, 0.25) is 30.7 Å². The second-order valence-electron chi connectivity index (χ2n) is 12.1. The summed E-state index contributed by atoms with van der Waals surface area (Å²) in [6, 6.07) is 8.49. The van der Waals surface area contributed by atoms with Gasteiger partial charge < -0.3 is 24.3 Å². The van der Waals surface area contributed by atoms with Gasteiger partial charge in [-0.2, -0.15) is 34.9 Å². The molecule has 1 N–H and O–H groups in total. The molecular weight excluding hydrogens is 574 g/mol. The number of ether oxygens (including phenoxy) is 4. The number of nitrogens with one attached hydrogen (secondary N) is 1. The van der Waals surface area contributed by atoms with Crippen LogP contribution >= 0.6 is 11.6 Å². The van der Waals surface area contributed by atoms with Crippen molar-refractivity contribution in [2.75, 3.05) is 25.1 Å². The van der Waals surface area contributed by atoms with Gasteiger partial charge in [0, 0.05) is 41.9 Å². The van der Waals surface area contributed by atoms with Crippen LogP contribution in [0.15, 0.2) is 36.7 Å². The van der Waals surface area contributed by atoms with E-state index in [1.54, 1.807) is 17.1 Å². The number of hydrogen-bond acceptors (Lipinski definition) is 8. The van der Waals surface area contributed by atoms with Gasteiger partial charge in [-0.1, -0.05) is 17.7 Å². The van der Waals surface area contributed by atoms with Gasteiger partial charge in [0.1, 0.15) is 18.3 Å². The third kappa shape index (κ3) is 8.38. The minimum atomic E-state index is -1.25. The van der Waals surface area contributed by atoms with Crippen molar-refractivity contribution in [3.8, 4) is 17.0 Å². The Kier molecular flexibility index (Phi) is 10.3. The van der Waals surface area contributed by atoms with E-state index in [4.69, 9.17) is 35.6 Å². The first-order valence-electron chi connectivity index (χ1n) is 14.7. The van der Waals surface area contributed by atoms with Crippen molar-refractivity contribution in [3.63, 3.8) is 0 Å². The quantitative estimate of drug-likeness (QED) is 0.189. The second kappa shape index (κ2) is 14.1. The standard InChI is InChI=1S/C30H40ClN5O5Si/c1-42(2,3)13-12-38-20-36-28(34-29(37)14-21-9-11-39-27-15-23(31)7-8-24(21)27)16-26(35-36)25-18-33-32-17-22(25)19-41-30-6-4-5-10-40-30/h7-8,15-18,21,30H,4-6,9-14,19-20H2,1-3H3,(H,34,37)/q-1. The molecule has 0 radical (unpaired) electrons. The summed E-state index contributed by atoms with van der Waals surface area (Å²) in [5.41, 5.74) is 3.29. The Morgan fingerprint density at radius 2 is 2.00 bits per heavy atom. The first-order chi connectivity index (χ1) is 20.2. The zero-order chi connectivity index (χ0) is 29.5. The summed E-state index contributed by atoms with van der Waals surface area (Å²) in [6.07, 6.45) is 7.23. The Balaban J connectivity index is 1.32. The molecule has 2 atom stereocenters. The van der Waals surface area contributed by atoms with Crippen LogP contribution in [0.1, 0.15) is 49.1 Å². The number of fused-ring (bicyclic) bond motifs is 1. The summed E-state index contributed by atoms with van der Waals surface area (Å²) >= 11 is 6.15. The number of rotatable bonds is 12. The van der Waals surface area contributed by atoms with E-state index in [-0.39, 0.29) is 24.8 Å². The van der Waals surface area contributed by atoms with Crippen molar-refractivity contribution < 1.29 is 23.7 Å². The van der Waals surface area contributed by atoms with Crippen molar-refractivity contribution in [2.24, 2.45) is 0 Å². The lowest BCUT2D eigenvalue weighted by atomic mass is 9.90. The highest BCUT2D eigenvalue weighted by Gasteiger charge is 2.25. The Hall–Kier alpha value is -2.83. The van der Waals surface area contributed by atoms with Gasteiger partial charge in [0.15, 0.2) is 6.29 Å². The number of halogens is 1. The summed E-state index contributed by atoms with van der Waals surface area (Å²) in [5.74, 6) is 1.23. The predicted molar refractivity (Wildman–Crippen MR) is 163 cm³/mol. The van der Waals surface area contributed by atoms with Crippen LogP contribution in [-0.4, -0.2) is 60.1 Å².